The molecular formula is C15H15NO6S. The van der Waals surface area contributed by atoms with Crippen molar-refractivity contribution in [1.82, 2.24) is 0 Å². The number of aryl methyl sites for hydroxylation is 1. The zero-order valence-electron chi connectivity index (χ0n) is 12.6. The Morgan fingerprint density at radius 2 is 1.74 bits per heavy atom. The third-order valence-electron chi connectivity index (χ3n) is 3.03. The smallest absolute Gasteiger partial charge is 0.313 e. The maximum atomic E-state index is 12.1. The lowest BCUT2D eigenvalue weighted by Crippen LogP contribution is -2.12. The monoisotopic (exact) mass is 337 g/mol. The fraction of sp³-hybridized carbons (Fsp3) is 0.200. The first-order valence-corrected chi connectivity index (χ1v) is 8.18. The van der Waals surface area contributed by atoms with E-state index in [0.29, 0.717) is 11.3 Å². The zero-order chi connectivity index (χ0) is 17.0. The predicted octanol–water partition coefficient (Wildman–Crippen LogP) is 2.82. The average molecular weight is 337 g/mol. The zero-order valence-corrected chi connectivity index (χ0v) is 13.4. The fourth-order valence-corrected chi connectivity index (χ4v) is 3.00. The molecule has 0 heterocycles. The van der Waals surface area contributed by atoms with Crippen LogP contribution in [0.4, 0.5) is 5.69 Å². The number of nitro benzene ring substituents is 1. The molecule has 2 aromatic rings. The highest BCUT2D eigenvalue weighted by atomic mass is 32.2. The molecule has 2 aromatic carbocycles. The summed E-state index contributed by atoms with van der Waals surface area (Å²) in [6.45, 7) is 1.84. The van der Waals surface area contributed by atoms with Crippen molar-refractivity contribution < 1.29 is 22.3 Å². The van der Waals surface area contributed by atoms with Gasteiger partial charge in [-0.3, -0.25) is 10.1 Å². The maximum Gasteiger partial charge on any atom is 0.313 e. The van der Waals surface area contributed by atoms with Crippen LogP contribution in [0.25, 0.3) is 0 Å². The van der Waals surface area contributed by atoms with Gasteiger partial charge < -0.3 is 8.92 Å². The van der Waals surface area contributed by atoms with Crippen LogP contribution in [-0.4, -0.2) is 20.5 Å². The third kappa shape index (κ3) is 4.43. The second-order valence-electron chi connectivity index (χ2n) is 4.86. The molecule has 0 saturated heterocycles. The summed E-state index contributed by atoms with van der Waals surface area (Å²) >= 11 is 0. The summed E-state index contributed by atoms with van der Waals surface area (Å²) in [6, 6.07) is 10.1. The van der Waals surface area contributed by atoms with Gasteiger partial charge in [0.15, 0.2) is 11.5 Å². The van der Waals surface area contributed by atoms with E-state index in [1.807, 2.05) is 6.92 Å². The lowest BCUT2D eigenvalue weighted by atomic mass is 10.2. The van der Waals surface area contributed by atoms with Crippen molar-refractivity contribution in [3.63, 3.8) is 0 Å². The number of methoxy groups -OCH3 is 1. The summed E-state index contributed by atoms with van der Waals surface area (Å²) < 4.78 is 34.4. The van der Waals surface area contributed by atoms with E-state index < -0.39 is 20.8 Å². The molecule has 23 heavy (non-hydrogen) atoms. The van der Waals surface area contributed by atoms with Gasteiger partial charge in [-0.2, -0.15) is 8.42 Å². The second-order valence-corrected chi connectivity index (χ2v) is 6.43. The molecule has 0 aliphatic heterocycles. The van der Waals surface area contributed by atoms with Gasteiger partial charge in [-0.15, -0.1) is 0 Å². The Balaban J connectivity index is 2.17. The van der Waals surface area contributed by atoms with E-state index in [9.17, 15) is 18.5 Å². The van der Waals surface area contributed by atoms with E-state index in [2.05, 4.69) is 0 Å². The van der Waals surface area contributed by atoms with Crippen LogP contribution in [0.2, 0.25) is 0 Å². The summed E-state index contributed by atoms with van der Waals surface area (Å²) in [6.07, 6.45) is 0. The topological polar surface area (TPSA) is 95.7 Å². The highest BCUT2D eigenvalue weighted by Gasteiger charge is 2.18. The third-order valence-corrected chi connectivity index (χ3v) is 4.15. The molecule has 2 rings (SSSR count). The summed E-state index contributed by atoms with van der Waals surface area (Å²) in [5.74, 6) is 0.0134. The molecule has 0 unspecified atom stereocenters. The van der Waals surface area contributed by atoms with Crippen LogP contribution in [0.3, 0.4) is 0 Å². The van der Waals surface area contributed by atoms with Crippen molar-refractivity contribution in [2.24, 2.45) is 0 Å². The molecule has 0 radical (unpaired) electrons. The van der Waals surface area contributed by atoms with Crippen molar-refractivity contribution in [2.45, 2.75) is 12.7 Å². The summed E-state index contributed by atoms with van der Waals surface area (Å²) in [5.41, 5.74) is 1.19. The van der Waals surface area contributed by atoms with Crippen molar-refractivity contribution >= 4 is 15.8 Å². The second kappa shape index (κ2) is 6.66. The molecule has 0 aliphatic carbocycles. The summed E-state index contributed by atoms with van der Waals surface area (Å²) in [4.78, 5) is 10.0. The fourth-order valence-electron chi connectivity index (χ4n) is 1.93. The first-order valence-electron chi connectivity index (χ1n) is 6.61. The molecular weight excluding hydrogens is 322 g/mol. The molecule has 0 aliphatic rings. The first-order chi connectivity index (χ1) is 10.8. The minimum absolute atomic E-state index is 0.0972. The Morgan fingerprint density at radius 3 is 2.30 bits per heavy atom. The Hall–Kier alpha value is -2.61. The molecule has 0 saturated carbocycles. The molecule has 0 fully saturated rings. The standard InChI is InChI=1S/C15H15NO6S/c1-11-3-8-14(15(9-11)21-2)22-23(19,20)10-12-4-6-13(7-5-12)16(17)18/h3-9H,10H2,1-2H3. The molecule has 8 heteroatoms. The van der Waals surface area contributed by atoms with Gasteiger partial charge in [0.05, 0.1) is 12.0 Å². The minimum Gasteiger partial charge on any atom is -0.493 e. The molecule has 0 amide bonds. The van der Waals surface area contributed by atoms with Gasteiger partial charge >= 0.3 is 10.1 Å². The van der Waals surface area contributed by atoms with Crippen LogP contribution >= 0.6 is 0 Å². The largest absolute Gasteiger partial charge is 0.493 e. The number of benzene rings is 2. The van der Waals surface area contributed by atoms with Crippen LogP contribution < -0.4 is 8.92 Å². The Bertz CT molecular complexity index is 814. The van der Waals surface area contributed by atoms with Gasteiger partial charge in [-0.25, -0.2) is 0 Å². The quantitative estimate of drug-likeness (QED) is 0.457. The van der Waals surface area contributed by atoms with Crippen molar-refractivity contribution in [2.75, 3.05) is 7.11 Å². The minimum atomic E-state index is -3.92. The van der Waals surface area contributed by atoms with Gasteiger partial charge in [-0.1, -0.05) is 18.2 Å². The van der Waals surface area contributed by atoms with Crippen molar-refractivity contribution in [3.05, 3.63) is 63.7 Å². The molecule has 0 aromatic heterocycles. The number of hydrogen-bond acceptors (Lipinski definition) is 6. The maximum absolute atomic E-state index is 12.1. The predicted molar refractivity (Wildman–Crippen MR) is 84.1 cm³/mol. The molecule has 0 atom stereocenters. The van der Waals surface area contributed by atoms with Crippen LogP contribution in [0.5, 0.6) is 11.5 Å². The normalized spacial score (nSPS) is 11.0. The van der Waals surface area contributed by atoms with E-state index in [0.717, 1.165) is 5.56 Å². The molecule has 0 N–H and O–H groups in total. The number of nitrogens with zero attached hydrogens (tertiary/aromatic N) is 1. The molecule has 122 valence electrons. The summed E-state index contributed by atoms with van der Waals surface area (Å²) in [7, 11) is -2.49. The number of ether oxygens (including phenoxy) is 1. The molecule has 7 nitrogen and oxygen atoms in total. The Labute approximate surface area is 133 Å². The number of non-ortho nitro benzene ring substituents is 1. The number of rotatable bonds is 6. The van der Waals surface area contributed by atoms with Crippen LogP contribution in [-0.2, 0) is 15.9 Å². The van der Waals surface area contributed by atoms with Crippen LogP contribution in [0, 0.1) is 17.0 Å². The first kappa shape index (κ1) is 16.8. The lowest BCUT2D eigenvalue weighted by molar-refractivity contribution is -0.384. The highest BCUT2D eigenvalue weighted by Crippen LogP contribution is 2.29. The van der Waals surface area contributed by atoms with Crippen molar-refractivity contribution in [1.29, 1.82) is 0 Å². The van der Waals surface area contributed by atoms with Crippen molar-refractivity contribution in [3.8, 4) is 11.5 Å². The van der Waals surface area contributed by atoms with Gasteiger partial charge in [-0.05, 0) is 30.2 Å². The Kier molecular flexibility index (Phi) is 4.85. The summed E-state index contributed by atoms with van der Waals surface area (Å²) in [5, 5.41) is 10.6. The van der Waals surface area contributed by atoms with Gasteiger partial charge in [0.1, 0.15) is 5.75 Å². The molecule has 0 bridgehead atoms. The van der Waals surface area contributed by atoms with E-state index >= 15 is 0 Å². The van der Waals surface area contributed by atoms with E-state index in [-0.39, 0.29) is 11.4 Å². The van der Waals surface area contributed by atoms with E-state index in [1.165, 1.54) is 37.4 Å². The van der Waals surface area contributed by atoms with E-state index in [4.69, 9.17) is 8.92 Å². The van der Waals surface area contributed by atoms with E-state index in [1.54, 1.807) is 12.1 Å². The van der Waals surface area contributed by atoms with Gasteiger partial charge in [0, 0.05) is 12.1 Å². The van der Waals surface area contributed by atoms with Gasteiger partial charge in [0.25, 0.3) is 5.69 Å². The van der Waals surface area contributed by atoms with Crippen LogP contribution in [0.1, 0.15) is 11.1 Å². The molecule has 0 spiro atoms. The highest BCUT2D eigenvalue weighted by molar-refractivity contribution is 7.86. The van der Waals surface area contributed by atoms with Gasteiger partial charge in [0.2, 0.25) is 0 Å². The number of nitro groups is 1. The van der Waals surface area contributed by atoms with Crippen LogP contribution in [0.15, 0.2) is 42.5 Å². The lowest BCUT2D eigenvalue weighted by Gasteiger charge is -2.11. The Morgan fingerprint density at radius 1 is 1.09 bits per heavy atom. The SMILES string of the molecule is COc1cc(C)ccc1OS(=O)(=O)Cc1ccc([N+](=O)[O-])cc1. The number of hydrogen-bond donors (Lipinski definition) is 0. The average Bonchev–Trinajstić information content (AvgIpc) is 2.49.